The van der Waals surface area contributed by atoms with Crippen LogP contribution in [0.2, 0.25) is 0 Å². The lowest BCUT2D eigenvalue weighted by molar-refractivity contribution is 0.481. The Morgan fingerprint density at radius 1 is 0.370 bits per heavy atom. The Bertz CT molecular complexity index is 244. The van der Waals surface area contributed by atoms with E-state index in [0.717, 1.165) is 0 Å². The summed E-state index contributed by atoms with van der Waals surface area (Å²) in [4.78, 5) is 0. The number of unbranched alkanes of at least 4 members (excludes halogenated alkanes) is 19. The summed E-state index contributed by atoms with van der Waals surface area (Å²) in [5.74, 6) is 0.713. The highest BCUT2D eigenvalue weighted by atomic mass is 14.1. The molecule has 163 valence electrons. The first kappa shape index (κ1) is 27.0. The molecule has 0 N–H and O–H groups in total. The van der Waals surface area contributed by atoms with E-state index in [1.54, 1.807) is 0 Å². The van der Waals surface area contributed by atoms with Gasteiger partial charge in [-0.2, -0.15) is 0 Å². The lowest BCUT2D eigenvalue weighted by Crippen LogP contribution is -1.94. The minimum atomic E-state index is 0.713. The van der Waals surface area contributed by atoms with E-state index >= 15 is 0 Å². The number of hydrogen-bond donors (Lipinski definition) is 0. The van der Waals surface area contributed by atoms with Crippen molar-refractivity contribution in [2.75, 3.05) is 0 Å². The summed E-state index contributed by atoms with van der Waals surface area (Å²) in [5.41, 5.74) is 0. The zero-order valence-electron chi connectivity index (χ0n) is 19.5. The van der Waals surface area contributed by atoms with Gasteiger partial charge in [0.15, 0.2) is 0 Å². The van der Waals surface area contributed by atoms with Gasteiger partial charge in [0.05, 0.1) is 0 Å². The third kappa shape index (κ3) is 24.0. The van der Waals surface area contributed by atoms with Crippen LogP contribution in [0.15, 0.2) is 0 Å². The number of hydrogen-bond acceptors (Lipinski definition) is 0. The monoisotopic (exact) mass is 379 g/mol. The van der Waals surface area contributed by atoms with Gasteiger partial charge in [-0.15, -0.1) is 0 Å². The van der Waals surface area contributed by atoms with Crippen molar-refractivity contribution in [2.45, 2.75) is 162 Å². The van der Waals surface area contributed by atoms with Crippen LogP contribution in [-0.2, 0) is 0 Å². The van der Waals surface area contributed by atoms with Gasteiger partial charge in [0.1, 0.15) is 0 Å². The molecule has 0 aliphatic heterocycles. The molecule has 27 heavy (non-hydrogen) atoms. The van der Waals surface area contributed by atoms with Crippen LogP contribution in [0.3, 0.4) is 0 Å². The molecule has 0 bridgehead atoms. The second kappa shape index (κ2) is 24.0. The van der Waals surface area contributed by atoms with Gasteiger partial charge < -0.3 is 0 Å². The zero-order chi connectivity index (χ0) is 19.8. The first-order chi connectivity index (χ1) is 13.3. The van der Waals surface area contributed by atoms with E-state index in [-0.39, 0.29) is 0 Å². The van der Waals surface area contributed by atoms with E-state index < -0.39 is 0 Å². The highest BCUT2D eigenvalue weighted by Gasteiger charge is 2.00. The zero-order valence-corrected chi connectivity index (χ0v) is 19.5. The Balaban J connectivity index is 3.01. The molecular weight excluding hydrogens is 324 g/mol. The quantitative estimate of drug-likeness (QED) is 0.155. The molecule has 0 aromatic heterocycles. The molecule has 0 aromatic rings. The smallest absolute Gasteiger partial charge is 0.0414 e. The van der Waals surface area contributed by atoms with Crippen molar-refractivity contribution < 1.29 is 0 Å². The third-order valence-electron chi connectivity index (χ3n) is 6.16. The first-order valence-corrected chi connectivity index (χ1v) is 13.1. The molecule has 0 saturated carbocycles. The molecule has 0 heterocycles. The van der Waals surface area contributed by atoms with Crippen LogP contribution in [0.1, 0.15) is 162 Å². The van der Waals surface area contributed by atoms with Gasteiger partial charge in [0, 0.05) is 0 Å². The lowest BCUT2D eigenvalue weighted by Gasteiger charge is -2.09. The van der Waals surface area contributed by atoms with E-state index in [1.165, 1.54) is 148 Å². The Labute approximate surface area is 174 Å². The summed E-state index contributed by atoms with van der Waals surface area (Å²) >= 11 is 0. The molecule has 1 radical (unpaired) electrons. The molecule has 0 spiro atoms. The van der Waals surface area contributed by atoms with Gasteiger partial charge in [-0.05, 0) is 5.92 Å². The lowest BCUT2D eigenvalue weighted by atomic mass is 9.98. The summed E-state index contributed by atoms with van der Waals surface area (Å²) < 4.78 is 0. The van der Waals surface area contributed by atoms with Crippen LogP contribution in [0, 0.1) is 12.8 Å². The van der Waals surface area contributed by atoms with Crippen LogP contribution in [0.25, 0.3) is 0 Å². The SMILES string of the molecule is [CH2]C(CCC)CCCCCCCCCCCCCCCCCCCCCC. The molecule has 0 fully saturated rings. The molecule has 0 amide bonds. The Hall–Kier alpha value is 0. The van der Waals surface area contributed by atoms with Crippen molar-refractivity contribution in [2.24, 2.45) is 5.92 Å². The van der Waals surface area contributed by atoms with Crippen molar-refractivity contribution >= 4 is 0 Å². The predicted molar refractivity (Wildman–Crippen MR) is 126 cm³/mol. The molecular formula is C27H55. The standard InChI is InChI=1S/C27H55/c1-4-6-7-8-9-10-11-12-13-14-15-16-17-18-19-20-21-22-23-24-26-27(3)25-5-2/h27H,3-26H2,1-2H3. The topological polar surface area (TPSA) is 0 Å². The fourth-order valence-electron chi connectivity index (χ4n) is 4.24. The van der Waals surface area contributed by atoms with Crippen molar-refractivity contribution in [3.63, 3.8) is 0 Å². The highest BCUT2D eigenvalue weighted by molar-refractivity contribution is 4.60. The molecule has 0 heteroatoms. The maximum Gasteiger partial charge on any atom is -0.0414 e. The van der Waals surface area contributed by atoms with Gasteiger partial charge in [-0.1, -0.05) is 168 Å². The minimum absolute atomic E-state index is 0.713. The molecule has 0 nitrogen and oxygen atoms in total. The second-order valence-corrected chi connectivity index (χ2v) is 9.16. The predicted octanol–water partition coefficient (Wildman–Crippen LogP) is 10.4. The van der Waals surface area contributed by atoms with Crippen molar-refractivity contribution in [1.82, 2.24) is 0 Å². The molecule has 0 saturated heterocycles. The van der Waals surface area contributed by atoms with Crippen molar-refractivity contribution in [3.05, 3.63) is 6.92 Å². The van der Waals surface area contributed by atoms with Crippen molar-refractivity contribution in [3.8, 4) is 0 Å². The van der Waals surface area contributed by atoms with Crippen LogP contribution in [-0.4, -0.2) is 0 Å². The van der Waals surface area contributed by atoms with Gasteiger partial charge in [-0.3, -0.25) is 0 Å². The largest absolute Gasteiger partial charge is 0.0654 e. The molecule has 0 rings (SSSR count). The fraction of sp³-hybridized carbons (Fsp3) is 0.963. The van der Waals surface area contributed by atoms with E-state index in [4.69, 9.17) is 0 Å². The highest BCUT2D eigenvalue weighted by Crippen LogP contribution is 2.17. The average molecular weight is 380 g/mol. The summed E-state index contributed by atoms with van der Waals surface area (Å²) in [6.07, 6.45) is 33.3. The van der Waals surface area contributed by atoms with Gasteiger partial charge in [-0.25, -0.2) is 0 Å². The average Bonchev–Trinajstić information content (AvgIpc) is 2.66. The van der Waals surface area contributed by atoms with Crippen LogP contribution in [0.5, 0.6) is 0 Å². The van der Waals surface area contributed by atoms with E-state index in [9.17, 15) is 0 Å². The Morgan fingerprint density at radius 3 is 0.963 bits per heavy atom. The van der Waals surface area contributed by atoms with Crippen LogP contribution < -0.4 is 0 Å². The number of rotatable bonds is 23. The minimum Gasteiger partial charge on any atom is -0.0654 e. The van der Waals surface area contributed by atoms with E-state index in [0.29, 0.717) is 5.92 Å². The third-order valence-corrected chi connectivity index (χ3v) is 6.16. The Morgan fingerprint density at radius 2 is 0.667 bits per heavy atom. The van der Waals surface area contributed by atoms with E-state index in [2.05, 4.69) is 20.8 Å². The maximum absolute atomic E-state index is 4.25. The molecule has 1 atom stereocenters. The summed E-state index contributed by atoms with van der Waals surface area (Å²) in [7, 11) is 0. The summed E-state index contributed by atoms with van der Waals surface area (Å²) in [6, 6.07) is 0. The molecule has 1 unspecified atom stereocenters. The maximum atomic E-state index is 4.25. The van der Waals surface area contributed by atoms with Crippen LogP contribution >= 0.6 is 0 Å². The van der Waals surface area contributed by atoms with E-state index in [1.807, 2.05) is 0 Å². The molecule has 0 aliphatic carbocycles. The molecule has 0 aliphatic rings. The van der Waals surface area contributed by atoms with Crippen LogP contribution in [0.4, 0.5) is 0 Å². The van der Waals surface area contributed by atoms with Gasteiger partial charge in [0.2, 0.25) is 0 Å². The first-order valence-electron chi connectivity index (χ1n) is 13.1. The second-order valence-electron chi connectivity index (χ2n) is 9.16. The van der Waals surface area contributed by atoms with Gasteiger partial charge >= 0.3 is 0 Å². The Kier molecular flexibility index (Phi) is 24.0. The summed E-state index contributed by atoms with van der Waals surface area (Å²) in [6.45, 7) is 8.82. The fourth-order valence-corrected chi connectivity index (χ4v) is 4.24. The summed E-state index contributed by atoms with van der Waals surface area (Å²) in [5, 5.41) is 0. The molecule has 0 aromatic carbocycles. The van der Waals surface area contributed by atoms with Crippen molar-refractivity contribution in [1.29, 1.82) is 0 Å². The normalized spacial score (nSPS) is 12.6. The van der Waals surface area contributed by atoms with Gasteiger partial charge in [0.25, 0.3) is 0 Å².